The third-order valence-electron chi connectivity index (χ3n) is 0.529. The van der Waals surface area contributed by atoms with E-state index in [2.05, 4.69) is 4.74 Å². The molecule has 0 saturated heterocycles. The number of carbonyl (C=O) groups is 1. The van der Waals surface area contributed by atoms with Crippen LogP contribution in [0.25, 0.3) is 0 Å². The molecule has 0 aliphatic heterocycles. The molecule has 0 amide bonds. The van der Waals surface area contributed by atoms with Crippen LogP contribution in [0.1, 0.15) is 20.8 Å². The van der Waals surface area contributed by atoms with Crippen LogP contribution in [0.4, 0.5) is 4.39 Å². The van der Waals surface area contributed by atoms with E-state index < -0.39 is 18.2 Å². The molecule has 0 aromatic carbocycles. The number of hydrogen-bond acceptors (Lipinski definition) is 2. The monoisotopic (exact) mass is 141 g/mol. The van der Waals surface area contributed by atoms with Crippen molar-refractivity contribution in [2.75, 3.05) is 6.67 Å². The van der Waals surface area contributed by atoms with Gasteiger partial charge in [-0.25, -0.2) is 9.18 Å². The number of esters is 1. The van der Waals surface area contributed by atoms with E-state index in [1.807, 2.05) is 0 Å². The van der Waals surface area contributed by atoms with Crippen molar-refractivity contribution in [2.45, 2.75) is 26.4 Å². The minimum Gasteiger partial charge on any atom is -0.458 e. The smallest absolute Gasteiger partial charge is 0.338 e. The van der Waals surface area contributed by atoms with Crippen molar-refractivity contribution in [1.29, 1.82) is 0 Å². The van der Waals surface area contributed by atoms with Crippen LogP contribution >= 0.6 is 0 Å². The van der Waals surface area contributed by atoms with Gasteiger partial charge in [-0.3, -0.25) is 0 Å². The fourth-order valence-electron chi connectivity index (χ4n) is 0.369. The van der Waals surface area contributed by atoms with Gasteiger partial charge in [-0.1, -0.05) is 0 Å². The van der Waals surface area contributed by atoms with Crippen LogP contribution in [0.5, 0.6) is 0 Å². The fraction of sp³-hybridized carbons (Fsp3) is 0.833. The van der Waals surface area contributed by atoms with Crippen LogP contribution in [0.2, 0.25) is 0 Å². The first-order valence-corrected chi connectivity index (χ1v) is 2.73. The summed E-state index contributed by atoms with van der Waals surface area (Å²) in [6, 6.07) is 0. The molecule has 4 heteroatoms. The third kappa shape index (κ3) is 8.00. The first-order chi connectivity index (χ1) is 3.95. The number of halogens is 1. The Labute approximate surface area is 72.3 Å². The molecule has 0 aromatic heterocycles. The predicted molar refractivity (Wildman–Crippen MR) is 37.6 cm³/mol. The van der Waals surface area contributed by atoms with Gasteiger partial charge in [0.25, 0.3) is 0 Å². The van der Waals surface area contributed by atoms with Crippen molar-refractivity contribution in [3.8, 4) is 0 Å². The largest absolute Gasteiger partial charge is 0.458 e. The van der Waals surface area contributed by atoms with Crippen molar-refractivity contribution >= 4 is 24.8 Å². The zero-order valence-electron chi connectivity index (χ0n) is 6.90. The second-order valence-corrected chi connectivity index (χ2v) is 2.72. The Bertz CT molecular complexity index is 109. The van der Waals surface area contributed by atoms with Crippen LogP contribution in [-0.2, 0) is 9.53 Å². The molecule has 0 bridgehead atoms. The van der Waals surface area contributed by atoms with Gasteiger partial charge in [-0.2, -0.15) is 0 Å². The van der Waals surface area contributed by atoms with Gasteiger partial charge >= 0.3 is 5.97 Å². The quantitative estimate of drug-likeness (QED) is 0.401. The van der Waals surface area contributed by atoms with Gasteiger partial charge in [-0.15, -0.1) is 0 Å². The zero-order valence-corrected chi connectivity index (χ0v) is 6.90. The maximum absolute atomic E-state index is 11.4. The van der Waals surface area contributed by atoms with Gasteiger partial charge in [0.05, 0.1) is 0 Å². The summed E-state index contributed by atoms with van der Waals surface area (Å²) in [6.07, 6.45) is 0. The molecule has 0 heterocycles. The molecule has 0 unspecified atom stereocenters. The van der Waals surface area contributed by atoms with E-state index >= 15 is 0 Å². The van der Waals surface area contributed by atoms with Gasteiger partial charge in [-0.05, 0) is 20.8 Å². The zero-order chi connectivity index (χ0) is 7.49. The summed E-state index contributed by atoms with van der Waals surface area (Å²) in [5.41, 5.74) is -0.566. The first kappa shape index (κ1) is 12.7. The molecular weight excluding hydrogens is 130 g/mol. The van der Waals surface area contributed by atoms with Crippen LogP contribution in [0.15, 0.2) is 0 Å². The second-order valence-electron chi connectivity index (χ2n) is 2.72. The molecule has 0 aliphatic rings. The van der Waals surface area contributed by atoms with E-state index in [0.29, 0.717) is 0 Å². The fourth-order valence-corrected chi connectivity index (χ4v) is 0.369. The van der Waals surface area contributed by atoms with Crippen LogP contribution in [0.3, 0.4) is 0 Å². The predicted octanol–water partition coefficient (Wildman–Crippen LogP) is 0.917. The van der Waals surface area contributed by atoms with Crippen molar-refractivity contribution < 1.29 is 13.9 Å². The van der Waals surface area contributed by atoms with Gasteiger partial charge in [0.1, 0.15) is 5.60 Å². The topological polar surface area (TPSA) is 26.3 Å². The summed E-state index contributed by atoms with van der Waals surface area (Å²) in [6.45, 7) is 4.04. The Morgan fingerprint density at radius 1 is 1.50 bits per heavy atom. The van der Waals surface area contributed by atoms with E-state index in [9.17, 15) is 9.18 Å². The molecule has 0 aromatic rings. The average molecular weight is 141 g/mol. The van der Waals surface area contributed by atoms with Crippen LogP contribution in [0, 0.1) is 0 Å². The SMILES string of the molecule is CC(C)(C)OC(=O)CF.[Li]. The van der Waals surface area contributed by atoms with Crippen molar-refractivity contribution in [3.05, 3.63) is 0 Å². The molecule has 0 aliphatic carbocycles. The minimum atomic E-state index is -1.04. The summed E-state index contributed by atoms with van der Waals surface area (Å²) < 4.78 is 16.0. The molecule has 0 N–H and O–H groups in total. The number of ether oxygens (including phenoxy) is 1. The van der Waals surface area contributed by atoms with Crippen molar-refractivity contribution in [1.82, 2.24) is 0 Å². The van der Waals surface area contributed by atoms with Gasteiger partial charge < -0.3 is 4.74 Å². The standard InChI is InChI=1S/C6H11FO2.Li/c1-6(2,3)9-5(8)4-7;/h4H2,1-3H3;. The summed E-state index contributed by atoms with van der Waals surface area (Å²) >= 11 is 0. The summed E-state index contributed by atoms with van der Waals surface area (Å²) in [5.74, 6) is -0.803. The molecule has 0 spiro atoms. The van der Waals surface area contributed by atoms with Crippen molar-refractivity contribution in [3.63, 3.8) is 0 Å². The Hall–Kier alpha value is -0.00260. The van der Waals surface area contributed by atoms with E-state index in [1.54, 1.807) is 20.8 Å². The normalized spacial score (nSPS) is 10.0. The number of alkyl halides is 1. The summed E-state index contributed by atoms with van der Waals surface area (Å²) in [4.78, 5) is 10.2. The van der Waals surface area contributed by atoms with Gasteiger partial charge in [0.2, 0.25) is 0 Å². The second kappa shape index (κ2) is 4.76. The molecular formula is C6H11FLiO2. The van der Waals surface area contributed by atoms with E-state index in [-0.39, 0.29) is 18.9 Å². The molecule has 0 fully saturated rings. The summed E-state index contributed by atoms with van der Waals surface area (Å²) in [7, 11) is 0. The molecule has 0 saturated carbocycles. The van der Waals surface area contributed by atoms with E-state index in [0.717, 1.165) is 0 Å². The average Bonchev–Trinajstić information content (AvgIpc) is 1.62. The Morgan fingerprint density at radius 3 is 2.00 bits per heavy atom. The number of hydrogen-bond donors (Lipinski definition) is 0. The van der Waals surface area contributed by atoms with E-state index in [1.165, 1.54) is 0 Å². The van der Waals surface area contributed by atoms with Gasteiger partial charge in [0, 0.05) is 18.9 Å². The van der Waals surface area contributed by atoms with E-state index in [4.69, 9.17) is 0 Å². The maximum Gasteiger partial charge on any atom is 0.338 e. The molecule has 55 valence electrons. The number of carbonyl (C=O) groups excluding carboxylic acids is 1. The maximum atomic E-state index is 11.4. The number of rotatable bonds is 1. The molecule has 1 radical (unpaired) electrons. The third-order valence-corrected chi connectivity index (χ3v) is 0.529. The first-order valence-electron chi connectivity index (χ1n) is 2.73. The summed E-state index contributed by atoms with van der Waals surface area (Å²) in [5, 5.41) is 0. The van der Waals surface area contributed by atoms with Crippen LogP contribution < -0.4 is 0 Å². The Kier molecular flexibility index (Phi) is 6.02. The minimum absolute atomic E-state index is 0. The molecule has 0 rings (SSSR count). The van der Waals surface area contributed by atoms with Crippen molar-refractivity contribution in [2.24, 2.45) is 0 Å². The molecule has 2 nitrogen and oxygen atoms in total. The van der Waals surface area contributed by atoms with Crippen LogP contribution in [-0.4, -0.2) is 37.1 Å². The Balaban J connectivity index is 0. The molecule has 0 atom stereocenters. The molecule has 10 heavy (non-hydrogen) atoms. The van der Waals surface area contributed by atoms with Gasteiger partial charge in [0.15, 0.2) is 6.67 Å². The Morgan fingerprint density at radius 2 is 1.90 bits per heavy atom.